The van der Waals surface area contributed by atoms with E-state index in [0.29, 0.717) is 12.2 Å². The molecule has 0 saturated carbocycles. The number of rotatable bonds is 5. The van der Waals surface area contributed by atoms with Gasteiger partial charge in [0.1, 0.15) is 0 Å². The smallest absolute Gasteiger partial charge is 0.243 e. The highest BCUT2D eigenvalue weighted by Crippen LogP contribution is 2.17. The molecule has 0 aliphatic rings. The molecule has 0 aliphatic heterocycles. The van der Waals surface area contributed by atoms with Crippen LogP contribution in [0.5, 0.6) is 0 Å². The number of hydrogen-bond donors (Lipinski definition) is 0. The van der Waals surface area contributed by atoms with Crippen LogP contribution in [0.15, 0.2) is 29.2 Å². The number of nitrogens with zero attached hydrogens (tertiary/aromatic N) is 2. The lowest BCUT2D eigenvalue weighted by Crippen LogP contribution is -2.37. The Kier molecular flexibility index (Phi) is 4.84. The number of benzene rings is 1. The van der Waals surface area contributed by atoms with Crippen molar-refractivity contribution in [3.05, 3.63) is 29.8 Å². The molecule has 0 N–H and O–H groups in total. The third-order valence-corrected chi connectivity index (χ3v) is 4.64. The highest BCUT2D eigenvalue weighted by molar-refractivity contribution is 7.89. The number of methoxy groups -OCH3 is 1. The van der Waals surface area contributed by atoms with Crippen LogP contribution in [0.3, 0.4) is 0 Å². The van der Waals surface area contributed by atoms with Crippen LogP contribution in [0.4, 0.5) is 0 Å². The molecule has 1 aromatic carbocycles. The van der Waals surface area contributed by atoms with E-state index in [9.17, 15) is 8.42 Å². The lowest BCUT2D eigenvalue weighted by Gasteiger charge is -2.23. The summed E-state index contributed by atoms with van der Waals surface area (Å²) in [6.07, 6.45) is 0. The van der Waals surface area contributed by atoms with Gasteiger partial charge in [0.05, 0.1) is 23.1 Å². The predicted molar refractivity (Wildman–Crippen MR) is 67.4 cm³/mol. The Balaban J connectivity index is 3.09. The summed E-state index contributed by atoms with van der Waals surface area (Å²) in [6.45, 7) is 2.07. The molecule has 0 radical (unpaired) electrons. The zero-order valence-electron chi connectivity index (χ0n) is 10.6. The van der Waals surface area contributed by atoms with Gasteiger partial charge < -0.3 is 4.74 Å². The van der Waals surface area contributed by atoms with Crippen molar-refractivity contribution in [1.82, 2.24) is 4.31 Å². The van der Waals surface area contributed by atoms with E-state index in [2.05, 4.69) is 0 Å². The van der Waals surface area contributed by atoms with Crippen LogP contribution >= 0.6 is 0 Å². The van der Waals surface area contributed by atoms with Gasteiger partial charge in [0.2, 0.25) is 10.0 Å². The molecule has 0 aromatic heterocycles. The normalized spacial score (nSPS) is 13.3. The maximum absolute atomic E-state index is 12.3. The van der Waals surface area contributed by atoms with Gasteiger partial charge in [0.25, 0.3) is 0 Å². The second-order valence-corrected chi connectivity index (χ2v) is 5.96. The van der Waals surface area contributed by atoms with E-state index >= 15 is 0 Å². The Bertz CT molecular complexity index is 549. The number of ether oxygens (including phenoxy) is 1. The molecule has 0 amide bonds. The molecule has 1 rings (SSSR count). The van der Waals surface area contributed by atoms with E-state index in [1.165, 1.54) is 30.6 Å². The minimum atomic E-state index is -3.59. The highest BCUT2D eigenvalue weighted by atomic mass is 32.2. The zero-order valence-corrected chi connectivity index (χ0v) is 11.4. The van der Waals surface area contributed by atoms with Crippen LogP contribution in [0.25, 0.3) is 0 Å². The Morgan fingerprint density at radius 3 is 2.72 bits per heavy atom. The standard InChI is InChI=1S/C12H16N2O3S/c1-10(9-17-3)14(2)18(15,16)12-6-4-5-11(7-12)8-13/h4-7,10H,9H2,1-3H3. The van der Waals surface area contributed by atoms with Gasteiger partial charge >= 0.3 is 0 Å². The second kappa shape index (κ2) is 5.96. The van der Waals surface area contributed by atoms with Crippen molar-refractivity contribution in [3.63, 3.8) is 0 Å². The Morgan fingerprint density at radius 1 is 1.50 bits per heavy atom. The molecule has 0 fully saturated rings. The van der Waals surface area contributed by atoms with Crippen LogP contribution in [0, 0.1) is 11.3 Å². The van der Waals surface area contributed by atoms with Crippen LogP contribution < -0.4 is 0 Å². The second-order valence-electron chi connectivity index (χ2n) is 3.97. The van der Waals surface area contributed by atoms with Crippen molar-refractivity contribution in [2.24, 2.45) is 0 Å². The SMILES string of the molecule is COCC(C)N(C)S(=O)(=O)c1cccc(C#N)c1. The quantitative estimate of drug-likeness (QED) is 0.805. The van der Waals surface area contributed by atoms with Gasteiger partial charge in [-0.05, 0) is 25.1 Å². The van der Waals surface area contributed by atoms with Gasteiger partial charge in [-0.3, -0.25) is 0 Å². The van der Waals surface area contributed by atoms with Crippen molar-refractivity contribution in [2.75, 3.05) is 20.8 Å². The lowest BCUT2D eigenvalue weighted by molar-refractivity contribution is 0.149. The molecule has 1 unspecified atom stereocenters. The Labute approximate surface area is 108 Å². The molecule has 5 nitrogen and oxygen atoms in total. The van der Waals surface area contributed by atoms with Crippen molar-refractivity contribution < 1.29 is 13.2 Å². The molecule has 1 atom stereocenters. The number of hydrogen-bond acceptors (Lipinski definition) is 4. The summed E-state index contributed by atoms with van der Waals surface area (Å²) in [4.78, 5) is 0.118. The molecular weight excluding hydrogens is 252 g/mol. The molecule has 0 spiro atoms. The molecular formula is C12H16N2O3S. The number of sulfonamides is 1. The third-order valence-electron chi connectivity index (χ3n) is 2.67. The maximum atomic E-state index is 12.3. The zero-order chi connectivity index (χ0) is 13.8. The van der Waals surface area contributed by atoms with Crippen LogP contribution in [0.2, 0.25) is 0 Å². The minimum absolute atomic E-state index is 0.118. The summed E-state index contributed by atoms with van der Waals surface area (Å²) in [5.74, 6) is 0. The van der Waals surface area contributed by atoms with Crippen molar-refractivity contribution in [1.29, 1.82) is 5.26 Å². The van der Waals surface area contributed by atoms with Gasteiger partial charge in [0.15, 0.2) is 0 Å². The largest absolute Gasteiger partial charge is 0.383 e. The van der Waals surface area contributed by atoms with Crippen LogP contribution in [0.1, 0.15) is 12.5 Å². The molecule has 6 heteroatoms. The summed E-state index contributed by atoms with van der Waals surface area (Å²) < 4.78 is 30.7. The van der Waals surface area contributed by atoms with E-state index in [1.807, 2.05) is 6.07 Å². The fraction of sp³-hybridized carbons (Fsp3) is 0.417. The summed E-state index contributed by atoms with van der Waals surface area (Å²) in [6, 6.07) is 7.62. The molecule has 18 heavy (non-hydrogen) atoms. The fourth-order valence-corrected chi connectivity index (χ4v) is 2.87. The first kappa shape index (κ1) is 14.6. The highest BCUT2D eigenvalue weighted by Gasteiger charge is 2.25. The third kappa shape index (κ3) is 3.07. The van der Waals surface area contributed by atoms with Crippen LogP contribution in [-0.2, 0) is 14.8 Å². The van der Waals surface area contributed by atoms with Gasteiger partial charge in [-0.2, -0.15) is 9.57 Å². The van der Waals surface area contributed by atoms with Gasteiger partial charge in [0, 0.05) is 20.2 Å². The summed E-state index contributed by atoms with van der Waals surface area (Å²) in [7, 11) is -0.572. The van der Waals surface area contributed by atoms with Crippen LogP contribution in [-0.4, -0.2) is 39.5 Å². The first-order chi connectivity index (χ1) is 8.43. The summed E-state index contributed by atoms with van der Waals surface area (Å²) in [5, 5.41) is 8.78. The van der Waals surface area contributed by atoms with Crippen molar-refractivity contribution in [3.8, 4) is 6.07 Å². The van der Waals surface area contributed by atoms with E-state index in [4.69, 9.17) is 10.00 Å². The summed E-state index contributed by atoms with van der Waals surface area (Å²) in [5.41, 5.74) is 0.323. The topological polar surface area (TPSA) is 70.4 Å². The number of nitriles is 1. The lowest BCUT2D eigenvalue weighted by atomic mass is 10.2. The Morgan fingerprint density at radius 2 is 2.17 bits per heavy atom. The first-order valence-electron chi connectivity index (χ1n) is 5.40. The molecule has 1 aromatic rings. The van der Waals surface area contributed by atoms with E-state index in [0.717, 1.165) is 0 Å². The molecule has 0 saturated heterocycles. The van der Waals surface area contributed by atoms with Crippen molar-refractivity contribution >= 4 is 10.0 Å². The average Bonchev–Trinajstić information content (AvgIpc) is 2.38. The van der Waals surface area contributed by atoms with Gasteiger partial charge in [-0.25, -0.2) is 8.42 Å². The number of likely N-dealkylation sites (N-methyl/N-ethyl adjacent to an activating group) is 1. The first-order valence-corrected chi connectivity index (χ1v) is 6.84. The molecule has 0 heterocycles. The van der Waals surface area contributed by atoms with E-state index in [-0.39, 0.29) is 10.9 Å². The monoisotopic (exact) mass is 268 g/mol. The van der Waals surface area contributed by atoms with E-state index < -0.39 is 10.0 Å². The van der Waals surface area contributed by atoms with Gasteiger partial charge in [-0.15, -0.1) is 0 Å². The van der Waals surface area contributed by atoms with Gasteiger partial charge in [-0.1, -0.05) is 6.07 Å². The minimum Gasteiger partial charge on any atom is -0.383 e. The molecule has 0 aliphatic carbocycles. The predicted octanol–water partition coefficient (Wildman–Crippen LogP) is 1.21. The molecule has 0 bridgehead atoms. The fourth-order valence-electron chi connectivity index (χ4n) is 1.48. The Hall–Kier alpha value is -1.42. The average molecular weight is 268 g/mol. The van der Waals surface area contributed by atoms with E-state index in [1.54, 1.807) is 19.1 Å². The summed E-state index contributed by atoms with van der Waals surface area (Å²) >= 11 is 0. The maximum Gasteiger partial charge on any atom is 0.243 e. The van der Waals surface area contributed by atoms with Crippen molar-refractivity contribution in [2.45, 2.75) is 17.9 Å². The molecule has 98 valence electrons.